The first-order valence-corrected chi connectivity index (χ1v) is 24.9. The molecule has 0 amide bonds. The van der Waals surface area contributed by atoms with Crippen LogP contribution in [0.2, 0.25) is 0 Å². The lowest BCUT2D eigenvalue weighted by atomic mass is 9.63. The zero-order valence-electron chi connectivity index (χ0n) is 37.0. The molecule has 0 aromatic heterocycles. The van der Waals surface area contributed by atoms with Crippen molar-refractivity contribution in [2.45, 2.75) is 184 Å². The third-order valence-corrected chi connectivity index (χ3v) is 17.5. The number of aliphatic hydroxyl groups excluding tert-OH is 4. The molecule has 0 aromatic rings. The number of methoxy groups -OCH3 is 1. The van der Waals surface area contributed by atoms with E-state index < -0.39 is 23.7 Å². The van der Waals surface area contributed by atoms with Crippen LogP contribution < -0.4 is 16.4 Å². The number of rotatable bonds is 14. The molecule has 2 aliphatic heterocycles. The van der Waals surface area contributed by atoms with Crippen LogP contribution in [-0.2, 0) is 14.3 Å². The summed E-state index contributed by atoms with van der Waals surface area (Å²) in [4.78, 5) is 26.5. The molecule has 7 aliphatic rings. The van der Waals surface area contributed by atoms with Crippen LogP contribution in [0.4, 0.5) is 0 Å². The molecule has 7 rings (SSSR count). The van der Waals surface area contributed by atoms with Gasteiger partial charge in [0.1, 0.15) is 17.4 Å². The second-order valence-electron chi connectivity index (χ2n) is 21.3. The van der Waals surface area contributed by atoms with Gasteiger partial charge in [-0.05, 0) is 138 Å². The van der Waals surface area contributed by atoms with Gasteiger partial charge in [0.2, 0.25) is 0 Å². The number of hydrogen-bond acceptors (Lipinski definition) is 8. The highest BCUT2D eigenvalue weighted by atomic mass is 16.5. The molecule has 60 heavy (non-hydrogen) atoms. The largest absolute Gasteiger partial charge is 0.396 e. The van der Waals surface area contributed by atoms with Gasteiger partial charge in [0.15, 0.2) is 5.78 Å². The number of piperidine rings is 2. The number of Topliss-reactive ketones (excluding diaryl/α,β-unsaturated/α-hetero) is 2. The average molecular weight is 838 g/mol. The molecule has 10 nitrogen and oxygen atoms in total. The highest BCUT2D eigenvalue weighted by Crippen LogP contribution is 2.48. The Bertz CT molecular complexity index is 1490. The van der Waals surface area contributed by atoms with Crippen LogP contribution >= 0.6 is 0 Å². The van der Waals surface area contributed by atoms with Crippen LogP contribution in [0.1, 0.15) is 148 Å². The van der Waals surface area contributed by atoms with E-state index in [4.69, 9.17) is 10.5 Å². The molecule has 6 unspecified atom stereocenters. The SMILES string of the molecule is COC1CC2CCC(=O)[C@]3(C#C[C@H](CC[C@H](O)C[C@H](C=CC4CCCCC4)C4CC[NH2+]C(N)C4)C2CC1O)CC[C@H](C[C@H](CCO)[C@H]1C[NH2+][C@@H]2CC(=O)CC[C@H]2C1)C[C@H]3O. The molecule has 6 fully saturated rings. The fourth-order valence-electron chi connectivity index (χ4n) is 13.8. The maximum Gasteiger partial charge on any atom is 0.153 e. The Labute approximate surface area is 361 Å². The number of allylic oxidation sites excluding steroid dienone is 2. The summed E-state index contributed by atoms with van der Waals surface area (Å²) in [5, 5.41) is 49.9. The maximum absolute atomic E-state index is 14.4. The summed E-state index contributed by atoms with van der Waals surface area (Å²) < 4.78 is 5.75. The summed E-state index contributed by atoms with van der Waals surface area (Å²) in [5.74, 6) is 10.8. The molecule has 0 bridgehead atoms. The molecule has 0 radical (unpaired) electrons. The minimum atomic E-state index is -1.10. The Morgan fingerprint density at radius 1 is 0.933 bits per heavy atom. The van der Waals surface area contributed by atoms with Gasteiger partial charge in [0.25, 0.3) is 0 Å². The maximum atomic E-state index is 14.4. The van der Waals surface area contributed by atoms with Crippen molar-refractivity contribution in [2.75, 3.05) is 26.8 Å². The molecule has 16 atom stereocenters. The molecular weight excluding hydrogens is 755 g/mol. The van der Waals surface area contributed by atoms with E-state index in [2.05, 4.69) is 34.6 Å². The van der Waals surface area contributed by atoms with E-state index in [-0.39, 0.29) is 54.2 Å². The summed E-state index contributed by atoms with van der Waals surface area (Å²) in [5.41, 5.74) is 5.35. The van der Waals surface area contributed by atoms with Gasteiger partial charge in [0, 0.05) is 57.2 Å². The Hall–Kier alpha value is -1.68. The lowest BCUT2D eigenvalue weighted by Crippen LogP contribution is -2.95. The van der Waals surface area contributed by atoms with Crippen molar-refractivity contribution < 1.29 is 45.4 Å². The second-order valence-corrected chi connectivity index (χ2v) is 21.3. The highest BCUT2D eigenvalue weighted by molar-refractivity contribution is 5.89. The zero-order chi connectivity index (χ0) is 42.2. The molecule has 5 aliphatic carbocycles. The van der Waals surface area contributed by atoms with Gasteiger partial charge in [-0.3, -0.25) is 15.3 Å². The van der Waals surface area contributed by atoms with E-state index >= 15 is 0 Å². The van der Waals surface area contributed by atoms with Crippen LogP contribution in [0.25, 0.3) is 0 Å². The van der Waals surface area contributed by atoms with Crippen molar-refractivity contribution in [3.05, 3.63) is 12.2 Å². The molecule has 10 N–H and O–H groups in total. The number of aliphatic hydroxyl groups is 4. The lowest BCUT2D eigenvalue weighted by molar-refractivity contribution is -0.712. The van der Waals surface area contributed by atoms with Crippen molar-refractivity contribution in [1.29, 1.82) is 0 Å². The summed E-state index contributed by atoms with van der Waals surface area (Å²) in [6, 6.07) is 0.408. The molecular formula is C50H83N3O7+2. The van der Waals surface area contributed by atoms with Crippen LogP contribution in [0.3, 0.4) is 0 Å². The van der Waals surface area contributed by atoms with Gasteiger partial charge >= 0.3 is 0 Å². The number of quaternary nitrogens is 2. The first-order valence-electron chi connectivity index (χ1n) is 24.9. The van der Waals surface area contributed by atoms with Gasteiger partial charge in [-0.25, -0.2) is 0 Å². The Morgan fingerprint density at radius 3 is 2.52 bits per heavy atom. The second kappa shape index (κ2) is 21.8. The fourth-order valence-corrected chi connectivity index (χ4v) is 13.8. The topological polar surface area (TPSA) is 184 Å². The van der Waals surface area contributed by atoms with E-state index in [0.717, 1.165) is 58.0 Å². The number of ketones is 2. The number of hydrogen-bond donors (Lipinski definition) is 7. The summed E-state index contributed by atoms with van der Waals surface area (Å²) in [7, 11) is 1.66. The van der Waals surface area contributed by atoms with Crippen LogP contribution in [-0.4, -0.2) is 95.4 Å². The van der Waals surface area contributed by atoms with Gasteiger partial charge in [-0.1, -0.05) is 43.3 Å². The van der Waals surface area contributed by atoms with Gasteiger partial charge in [-0.2, -0.15) is 0 Å². The molecule has 2 saturated heterocycles. The minimum Gasteiger partial charge on any atom is -0.396 e. The van der Waals surface area contributed by atoms with Crippen molar-refractivity contribution >= 4 is 11.6 Å². The number of ether oxygens (including phenoxy) is 1. The van der Waals surface area contributed by atoms with Crippen LogP contribution in [0.5, 0.6) is 0 Å². The third kappa shape index (κ3) is 11.5. The predicted octanol–water partition coefficient (Wildman–Crippen LogP) is 3.77. The fraction of sp³-hybridized carbons (Fsp3) is 0.880. The smallest absolute Gasteiger partial charge is 0.153 e. The number of nitrogens with two attached hydrogens (primary N) is 3. The van der Waals surface area contributed by atoms with Crippen molar-refractivity contribution in [2.24, 2.45) is 70.3 Å². The molecule has 4 saturated carbocycles. The van der Waals surface area contributed by atoms with Crippen LogP contribution in [0.15, 0.2) is 12.2 Å². The van der Waals surface area contributed by atoms with Crippen molar-refractivity contribution in [1.82, 2.24) is 0 Å². The highest BCUT2D eigenvalue weighted by Gasteiger charge is 2.50. The van der Waals surface area contributed by atoms with E-state index in [1.165, 1.54) is 32.1 Å². The number of fused-ring (bicyclic) bond motifs is 2. The normalized spacial score (nSPS) is 41.0. The monoisotopic (exact) mass is 838 g/mol. The first-order chi connectivity index (χ1) is 29.0. The third-order valence-electron chi connectivity index (χ3n) is 17.5. The van der Waals surface area contributed by atoms with Gasteiger partial charge in [-0.15, -0.1) is 0 Å². The molecule has 338 valence electrons. The standard InChI is InChI=1S/C50H81N3O7/c1-60-46-27-38-11-14-47(58)50(19-15-33(24-48(50)59)23-37(18-22-54)40-25-39-10-13-42(56)29-44(39)53-31-40)20-16-34(43(38)30-45(46)57)9-12-41(55)26-35(36-17-21-52-49(51)28-36)8-7-32-5-3-2-4-6-32/h7-8,32-41,43-46,48-49,52-55,57,59H,2-6,9-15,17-19,21-31,51H2,1H3/p+2/t33-,34+,35+,36?,37+,38?,39+,40-,41+,43?,44-,45?,46?,48-,49?,50-/m1/s1. The molecule has 0 aromatic carbocycles. The average Bonchev–Trinajstić information content (AvgIpc) is 3.30. The number of carbonyl (C=O) groups is 2. The van der Waals surface area contributed by atoms with Crippen molar-refractivity contribution in [3.63, 3.8) is 0 Å². The summed E-state index contributed by atoms with van der Waals surface area (Å²) in [6.07, 6.45) is 22.7. The minimum absolute atomic E-state index is 0.0580. The van der Waals surface area contributed by atoms with E-state index in [1.54, 1.807) is 7.11 Å². The van der Waals surface area contributed by atoms with Gasteiger partial charge < -0.3 is 35.8 Å². The van der Waals surface area contributed by atoms with E-state index in [1.807, 2.05) is 0 Å². The lowest BCUT2D eigenvalue weighted by Gasteiger charge is -2.43. The Morgan fingerprint density at radius 2 is 1.75 bits per heavy atom. The van der Waals surface area contributed by atoms with Crippen LogP contribution in [0, 0.1) is 76.4 Å². The quantitative estimate of drug-likeness (QED) is 0.102. The molecule has 2 heterocycles. The Balaban J connectivity index is 1.05. The van der Waals surface area contributed by atoms with E-state index in [9.17, 15) is 30.0 Å². The first kappa shape index (κ1) is 46.3. The van der Waals surface area contributed by atoms with Gasteiger partial charge in [0.05, 0.1) is 50.0 Å². The summed E-state index contributed by atoms with van der Waals surface area (Å²) >= 11 is 0. The molecule has 10 heteroatoms. The Kier molecular flexibility index (Phi) is 16.8. The zero-order valence-corrected chi connectivity index (χ0v) is 37.0. The van der Waals surface area contributed by atoms with Crippen molar-refractivity contribution in [3.8, 4) is 11.8 Å². The predicted molar refractivity (Wildman–Crippen MR) is 232 cm³/mol. The number of carbonyl (C=O) groups excluding carboxylic acids is 2. The van der Waals surface area contributed by atoms with E-state index in [0.29, 0.717) is 112 Å². The molecule has 1 spiro atoms. The summed E-state index contributed by atoms with van der Waals surface area (Å²) in [6.45, 7) is 2.17.